The summed E-state index contributed by atoms with van der Waals surface area (Å²) in [6.07, 6.45) is 1.93. The number of hydrogen-bond donors (Lipinski definition) is 2. The predicted molar refractivity (Wildman–Crippen MR) is 122 cm³/mol. The molecule has 0 spiro atoms. The predicted octanol–water partition coefficient (Wildman–Crippen LogP) is 3.65. The summed E-state index contributed by atoms with van der Waals surface area (Å²) in [4.78, 5) is 6.52. The summed E-state index contributed by atoms with van der Waals surface area (Å²) in [5, 5.41) is 15.6. The minimum absolute atomic E-state index is 0. The molecule has 1 heterocycles. The average molecular weight is 493 g/mol. The molecule has 0 saturated carbocycles. The second-order valence-corrected chi connectivity index (χ2v) is 6.62. The molecule has 2 aromatic carbocycles. The van der Waals surface area contributed by atoms with Crippen LogP contribution in [-0.4, -0.2) is 32.1 Å². The number of rotatable bonds is 4. The maximum Gasteiger partial charge on any atom is 0.191 e. The Morgan fingerprint density at radius 3 is 2.54 bits per heavy atom. The monoisotopic (exact) mass is 493 g/mol. The van der Waals surface area contributed by atoms with E-state index in [0.717, 1.165) is 43.1 Å². The molecule has 1 aliphatic rings. The highest BCUT2D eigenvalue weighted by Crippen LogP contribution is 2.20. The standard InChI is InChI=1S/C21H24FN5.HI/c1-24-21(25-15-17-7-5-16(14-23)6-8-17)26-19-9-11-27(12-10-19)20-4-2-3-18(22)13-20;/h2-8,13,19H,9-12,15H2,1H3,(H2,24,25,26);1H. The Morgan fingerprint density at radius 2 is 1.93 bits per heavy atom. The third-order valence-electron chi connectivity index (χ3n) is 4.78. The molecule has 148 valence electrons. The van der Waals surface area contributed by atoms with Crippen molar-refractivity contribution >= 4 is 35.6 Å². The summed E-state index contributed by atoms with van der Waals surface area (Å²) in [7, 11) is 1.76. The van der Waals surface area contributed by atoms with Crippen molar-refractivity contribution < 1.29 is 4.39 Å². The molecule has 3 rings (SSSR count). The number of nitrogens with zero attached hydrogens (tertiary/aromatic N) is 3. The van der Waals surface area contributed by atoms with Crippen molar-refractivity contribution in [3.05, 3.63) is 65.5 Å². The van der Waals surface area contributed by atoms with Crippen LogP contribution in [0.25, 0.3) is 0 Å². The van der Waals surface area contributed by atoms with Gasteiger partial charge in [-0.15, -0.1) is 24.0 Å². The molecule has 0 aliphatic carbocycles. The number of anilines is 1. The third kappa shape index (κ3) is 6.09. The van der Waals surface area contributed by atoms with E-state index in [1.165, 1.54) is 6.07 Å². The lowest BCUT2D eigenvalue weighted by atomic mass is 10.0. The first kappa shape index (κ1) is 22.0. The Hall–Kier alpha value is -2.34. The van der Waals surface area contributed by atoms with Crippen LogP contribution in [0.1, 0.15) is 24.0 Å². The molecule has 0 atom stereocenters. The molecule has 28 heavy (non-hydrogen) atoms. The molecular formula is C21H25FIN5. The Morgan fingerprint density at radius 1 is 1.21 bits per heavy atom. The van der Waals surface area contributed by atoms with Gasteiger partial charge in [-0.3, -0.25) is 4.99 Å². The number of piperidine rings is 1. The van der Waals surface area contributed by atoms with Gasteiger partial charge in [0.15, 0.2) is 5.96 Å². The van der Waals surface area contributed by atoms with Crippen LogP contribution in [0.15, 0.2) is 53.5 Å². The van der Waals surface area contributed by atoms with Gasteiger partial charge >= 0.3 is 0 Å². The maximum atomic E-state index is 13.4. The van der Waals surface area contributed by atoms with Crippen LogP contribution in [-0.2, 0) is 6.54 Å². The van der Waals surface area contributed by atoms with Gasteiger partial charge in [-0.2, -0.15) is 5.26 Å². The first-order valence-electron chi connectivity index (χ1n) is 9.14. The average Bonchev–Trinajstić information content (AvgIpc) is 2.72. The highest BCUT2D eigenvalue weighted by atomic mass is 127. The van der Waals surface area contributed by atoms with E-state index in [1.807, 2.05) is 30.3 Å². The summed E-state index contributed by atoms with van der Waals surface area (Å²) < 4.78 is 13.4. The Kier molecular flexibility index (Phi) is 8.51. The van der Waals surface area contributed by atoms with Gasteiger partial charge in [0.05, 0.1) is 11.6 Å². The molecule has 0 radical (unpaired) electrons. The molecule has 1 saturated heterocycles. The summed E-state index contributed by atoms with van der Waals surface area (Å²) in [6, 6.07) is 16.7. The minimum atomic E-state index is -0.194. The van der Waals surface area contributed by atoms with Crippen LogP contribution >= 0.6 is 24.0 Å². The van der Waals surface area contributed by atoms with E-state index in [4.69, 9.17) is 5.26 Å². The van der Waals surface area contributed by atoms with Gasteiger partial charge in [-0.25, -0.2) is 4.39 Å². The highest BCUT2D eigenvalue weighted by molar-refractivity contribution is 14.0. The lowest BCUT2D eigenvalue weighted by Gasteiger charge is -2.34. The molecule has 0 amide bonds. The van der Waals surface area contributed by atoms with Gasteiger partial charge in [-0.1, -0.05) is 18.2 Å². The Labute approximate surface area is 182 Å². The first-order valence-corrected chi connectivity index (χ1v) is 9.14. The van der Waals surface area contributed by atoms with E-state index < -0.39 is 0 Å². The highest BCUT2D eigenvalue weighted by Gasteiger charge is 2.20. The fourth-order valence-electron chi connectivity index (χ4n) is 3.23. The molecule has 0 aromatic heterocycles. The second-order valence-electron chi connectivity index (χ2n) is 6.62. The van der Waals surface area contributed by atoms with E-state index >= 15 is 0 Å². The third-order valence-corrected chi connectivity index (χ3v) is 4.78. The van der Waals surface area contributed by atoms with Crippen LogP contribution in [0.3, 0.4) is 0 Å². The largest absolute Gasteiger partial charge is 0.371 e. The van der Waals surface area contributed by atoms with Crippen molar-refractivity contribution in [3.63, 3.8) is 0 Å². The van der Waals surface area contributed by atoms with E-state index in [2.05, 4.69) is 26.6 Å². The normalized spacial score (nSPS) is 14.8. The van der Waals surface area contributed by atoms with Crippen LogP contribution in [0.4, 0.5) is 10.1 Å². The van der Waals surface area contributed by atoms with E-state index in [9.17, 15) is 4.39 Å². The van der Waals surface area contributed by atoms with Crippen LogP contribution in [0.5, 0.6) is 0 Å². The lowest BCUT2D eigenvalue weighted by molar-refractivity contribution is 0.461. The molecule has 2 aromatic rings. The van der Waals surface area contributed by atoms with E-state index in [-0.39, 0.29) is 29.8 Å². The SMILES string of the molecule is CN=C(NCc1ccc(C#N)cc1)NC1CCN(c2cccc(F)c2)CC1.I. The van der Waals surface area contributed by atoms with Gasteiger partial charge in [-0.05, 0) is 48.7 Å². The zero-order valence-electron chi connectivity index (χ0n) is 15.9. The van der Waals surface area contributed by atoms with Gasteiger partial charge in [0.1, 0.15) is 5.82 Å². The smallest absolute Gasteiger partial charge is 0.191 e. The zero-order valence-corrected chi connectivity index (χ0v) is 18.2. The summed E-state index contributed by atoms with van der Waals surface area (Å²) in [5.41, 5.74) is 2.70. The second kappa shape index (κ2) is 10.9. The van der Waals surface area contributed by atoms with Crippen LogP contribution in [0, 0.1) is 17.1 Å². The van der Waals surface area contributed by atoms with Crippen molar-refractivity contribution in [3.8, 4) is 6.07 Å². The van der Waals surface area contributed by atoms with Gasteiger partial charge in [0.25, 0.3) is 0 Å². The van der Waals surface area contributed by atoms with Crippen molar-refractivity contribution in [2.45, 2.75) is 25.4 Å². The van der Waals surface area contributed by atoms with Gasteiger partial charge < -0.3 is 15.5 Å². The van der Waals surface area contributed by atoms with Crippen molar-refractivity contribution in [1.29, 1.82) is 5.26 Å². The Balaban J connectivity index is 0.00000280. The van der Waals surface area contributed by atoms with Gasteiger partial charge in [0.2, 0.25) is 0 Å². The maximum absolute atomic E-state index is 13.4. The topological polar surface area (TPSA) is 63.5 Å². The Bertz CT molecular complexity index is 823. The summed E-state index contributed by atoms with van der Waals surface area (Å²) in [6.45, 7) is 2.41. The van der Waals surface area contributed by atoms with Crippen molar-refractivity contribution in [1.82, 2.24) is 10.6 Å². The molecule has 1 fully saturated rings. The fourth-order valence-corrected chi connectivity index (χ4v) is 3.23. The number of hydrogen-bond acceptors (Lipinski definition) is 3. The first-order chi connectivity index (χ1) is 13.2. The zero-order chi connectivity index (χ0) is 19.1. The number of benzene rings is 2. The fraction of sp³-hybridized carbons (Fsp3) is 0.333. The number of guanidine groups is 1. The quantitative estimate of drug-likeness (QED) is 0.388. The van der Waals surface area contributed by atoms with Crippen LogP contribution in [0.2, 0.25) is 0 Å². The summed E-state index contributed by atoms with van der Waals surface area (Å²) >= 11 is 0. The number of halogens is 2. The number of nitrogens with one attached hydrogen (secondary N) is 2. The summed E-state index contributed by atoms with van der Waals surface area (Å²) in [5.74, 6) is 0.573. The molecule has 7 heteroatoms. The van der Waals surface area contributed by atoms with Crippen LogP contribution < -0.4 is 15.5 Å². The molecule has 0 bridgehead atoms. The molecular weight excluding hydrogens is 468 g/mol. The van der Waals surface area contributed by atoms with E-state index in [0.29, 0.717) is 18.2 Å². The number of nitriles is 1. The van der Waals surface area contributed by atoms with Crippen molar-refractivity contribution in [2.75, 3.05) is 25.0 Å². The minimum Gasteiger partial charge on any atom is -0.371 e. The van der Waals surface area contributed by atoms with Gasteiger partial charge in [0, 0.05) is 38.4 Å². The van der Waals surface area contributed by atoms with Crippen molar-refractivity contribution in [2.24, 2.45) is 4.99 Å². The number of aliphatic imine (C=N–C) groups is 1. The molecule has 5 nitrogen and oxygen atoms in total. The molecule has 0 unspecified atom stereocenters. The van der Waals surface area contributed by atoms with E-state index in [1.54, 1.807) is 19.2 Å². The lowest BCUT2D eigenvalue weighted by Crippen LogP contribution is -2.48. The molecule has 2 N–H and O–H groups in total. The molecule has 1 aliphatic heterocycles.